The van der Waals surface area contributed by atoms with Crippen molar-refractivity contribution in [3.63, 3.8) is 0 Å². The van der Waals surface area contributed by atoms with Gasteiger partial charge in [0.05, 0.1) is 24.9 Å². The number of hydrogen-bond acceptors (Lipinski definition) is 10. The maximum atomic E-state index is 14.4. The Labute approximate surface area is 291 Å². The van der Waals surface area contributed by atoms with Gasteiger partial charge in [0.2, 0.25) is 11.8 Å². The first kappa shape index (κ1) is 33.1. The van der Waals surface area contributed by atoms with Crippen LogP contribution in [0.2, 0.25) is 0 Å². The number of nitrogens with zero attached hydrogens (tertiary/aromatic N) is 6. The molecule has 1 saturated heterocycles. The Morgan fingerprint density at radius 1 is 1.12 bits per heavy atom. The number of aliphatic carboxylic acids is 1. The first-order valence-corrected chi connectivity index (χ1v) is 17.5. The number of ether oxygens (including phenoxy) is 1. The fourth-order valence-corrected chi connectivity index (χ4v) is 7.40. The summed E-state index contributed by atoms with van der Waals surface area (Å²) in [7, 11) is 1.59. The fourth-order valence-electron chi connectivity index (χ4n) is 6.77. The number of carbonyl (C=O) groups is 4. The fraction of sp³-hybridized carbons (Fsp3) is 0.412. The van der Waals surface area contributed by atoms with Gasteiger partial charge >= 0.3 is 5.97 Å². The Bertz CT molecular complexity index is 1890. The third-order valence-corrected chi connectivity index (χ3v) is 10.4. The molecule has 4 N–H and O–H groups in total. The summed E-state index contributed by atoms with van der Waals surface area (Å²) >= 11 is 1.41. The molecule has 50 heavy (non-hydrogen) atoms. The molecule has 5 heterocycles. The number of allylic oxidation sites excluding steroid dienone is 1. The summed E-state index contributed by atoms with van der Waals surface area (Å²) in [5.74, 6) is -2.25. The monoisotopic (exact) mass is 699 g/mol. The van der Waals surface area contributed by atoms with Crippen LogP contribution in [0.3, 0.4) is 0 Å². The van der Waals surface area contributed by atoms with Crippen molar-refractivity contribution in [1.29, 1.82) is 0 Å². The van der Waals surface area contributed by atoms with Crippen molar-refractivity contribution in [1.82, 2.24) is 45.7 Å². The lowest BCUT2D eigenvalue weighted by molar-refractivity contribution is -0.145. The molecule has 2 aliphatic heterocycles. The number of aromatic nitrogens is 6. The zero-order chi connectivity index (χ0) is 34.8. The molecule has 3 aromatic heterocycles. The molecule has 0 bridgehead atoms. The minimum Gasteiger partial charge on any atom is -0.497 e. The van der Waals surface area contributed by atoms with Crippen molar-refractivity contribution in [2.75, 3.05) is 13.7 Å². The van der Waals surface area contributed by atoms with E-state index in [9.17, 15) is 24.3 Å². The SMILES string of the molecule is COc1ccc(-c2nn([C@@H]3C[C@H]4C(=O)N[C@]5(C(=O)O)C[C@H]5C=CCCCCC[C@H](NC(=O)c5cn[nH]c5)C(=O)N4C3)nc2-c2nccs2)cc1. The highest BCUT2D eigenvalue weighted by atomic mass is 32.1. The van der Waals surface area contributed by atoms with Crippen molar-refractivity contribution < 1.29 is 29.0 Å². The number of fused-ring (bicyclic) bond motifs is 2. The van der Waals surface area contributed by atoms with Gasteiger partial charge in [-0.1, -0.05) is 25.0 Å². The molecular formula is C34H37N9O6S. The van der Waals surface area contributed by atoms with E-state index in [2.05, 4.69) is 25.8 Å². The highest BCUT2D eigenvalue weighted by Crippen LogP contribution is 2.45. The molecule has 7 rings (SSSR count). The molecule has 0 radical (unpaired) electrons. The summed E-state index contributed by atoms with van der Waals surface area (Å²) in [6.45, 7) is 0.0619. The standard InChI is InChI=1S/C34H37N9O6S/c1-49-24-11-9-20(10-12-24)27-28(31-35-13-14-50-31)41-43(40-27)23-15-26-30(45)39-34(33(47)48)16-22(34)7-5-3-2-4-6-8-25(32(46)42(26)19-23)38-29(44)21-17-36-37-18-21/h5,7,9-14,17-18,22-23,25-26H,2-4,6,8,15-16,19H2,1H3,(H,36,37)(H,38,44)(H,39,45)(H,47,48)/t22-,23-,25+,26+,34-/m1/s1. The lowest BCUT2D eigenvalue weighted by atomic mass is 10.0. The van der Waals surface area contributed by atoms with Crippen LogP contribution in [0.5, 0.6) is 5.75 Å². The van der Waals surface area contributed by atoms with Crippen LogP contribution in [0.1, 0.15) is 61.3 Å². The van der Waals surface area contributed by atoms with Crippen molar-refractivity contribution in [2.45, 2.75) is 68.6 Å². The number of amides is 3. The van der Waals surface area contributed by atoms with Gasteiger partial charge < -0.3 is 25.4 Å². The molecule has 5 atom stereocenters. The largest absolute Gasteiger partial charge is 0.497 e. The summed E-state index contributed by atoms with van der Waals surface area (Å²) in [4.78, 5) is 61.6. The molecule has 1 aromatic carbocycles. The number of carbonyl (C=O) groups excluding carboxylic acids is 3. The minimum absolute atomic E-state index is 0.0619. The number of carboxylic acid groups (broad SMARTS) is 1. The van der Waals surface area contributed by atoms with Gasteiger partial charge in [0, 0.05) is 42.2 Å². The first-order chi connectivity index (χ1) is 24.3. The molecule has 3 amide bonds. The van der Waals surface area contributed by atoms with Gasteiger partial charge in [0.25, 0.3) is 5.91 Å². The molecule has 1 aliphatic carbocycles. The van der Waals surface area contributed by atoms with Gasteiger partial charge in [-0.05, 0) is 49.9 Å². The summed E-state index contributed by atoms with van der Waals surface area (Å²) in [6, 6.07) is 4.89. The van der Waals surface area contributed by atoms with Crippen molar-refractivity contribution >= 4 is 35.0 Å². The molecule has 0 spiro atoms. The van der Waals surface area contributed by atoms with Crippen LogP contribution < -0.4 is 15.4 Å². The molecule has 3 aliphatic rings. The zero-order valence-corrected chi connectivity index (χ0v) is 28.1. The molecule has 16 heteroatoms. The maximum absolute atomic E-state index is 14.4. The lowest BCUT2D eigenvalue weighted by Crippen LogP contribution is -2.56. The Morgan fingerprint density at radius 2 is 1.94 bits per heavy atom. The van der Waals surface area contributed by atoms with Crippen LogP contribution in [0.25, 0.3) is 22.0 Å². The molecule has 15 nitrogen and oxygen atoms in total. The third kappa shape index (κ3) is 6.49. The lowest BCUT2D eigenvalue weighted by Gasteiger charge is -2.29. The smallest absolute Gasteiger partial charge is 0.330 e. The number of hydrogen-bond donors (Lipinski definition) is 4. The second-order valence-electron chi connectivity index (χ2n) is 12.8. The Morgan fingerprint density at radius 3 is 2.66 bits per heavy atom. The van der Waals surface area contributed by atoms with E-state index < -0.39 is 47.4 Å². The number of nitrogens with one attached hydrogen (secondary N) is 3. The van der Waals surface area contributed by atoms with Crippen molar-refractivity contribution in [2.24, 2.45) is 5.92 Å². The highest BCUT2D eigenvalue weighted by Gasteiger charge is 2.61. The zero-order valence-electron chi connectivity index (χ0n) is 27.3. The first-order valence-electron chi connectivity index (χ1n) is 16.6. The summed E-state index contributed by atoms with van der Waals surface area (Å²) in [6.07, 6.45) is 12.1. The molecular weight excluding hydrogens is 662 g/mol. The van der Waals surface area contributed by atoms with E-state index in [-0.39, 0.29) is 30.9 Å². The van der Waals surface area contributed by atoms with Gasteiger partial charge in [0.15, 0.2) is 0 Å². The van der Waals surface area contributed by atoms with Crippen LogP contribution in [-0.2, 0) is 14.4 Å². The number of benzene rings is 1. The number of rotatable bonds is 7. The van der Waals surface area contributed by atoms with Crippen LogP contribution >= 0.6 is 11.3 Å². The highest BCUT2D eigenvalue weighted by molar-refractivity contribution is 7.13. The Hall–Kier alpha value is -5.38. The second-order valence-corrected chi connectivity index (χ2v) is 13.7. The average Bonchev–Trinajstić information content (AvgIpc) is 3.77. The van der Waals surface area contributed by atoms with Crippen LogP contribution in [0.15, 0.2) is 60.4 Å². The normalized spacial score (nSPS) is 25.5. The van der Waals surface area contributed by atoms with Crippen molar-refractivity contribution in [3.05, 3.63) is 66.0 Å². The molecule has 1 saturated carbocycles. The number of methoxy groups -OCH3 is 1. The summed E-state index contributed by atoms with van der Waals surface area (Å²) in [5, 5.41) is 34.6. The minimum atomic E-state index is -1.45. The number of aromatic amines is 1. The molecule has 4 aromatic rings. The predicted molar refractivity (Wildman–Crippen MR) is 181 cm³/mol. The quantitative estimate of drug-likeness (QED) is 0.208. The third-order valence-electron chi connectivity index (χ3n) is 9.66. The predicted octanol–water partition coefficient (Wildman–Crippen LogP) is 3.22. The molecule has 2 fully saturated rings. The van der Waals surface area contributed by atoms with Crippen LogP contribution in [0, 0.1) is 5.92 Å². The van der Waals surface area contributed by atoms with Gasteiger partial charge in [-0.15, -0.1) is 16.4 Å². The van der Waals surface area contributed by atoms with E-state index in [1.165, 1.54) is 33.4 Å². The van der Waals surface area contributed by atoms with E-state index in [0.717, 1.165) is 24.8 Å². The van der Waals surface area contributed by atoms with Crippen LogP contribution in [0.4, 0.5) is 0 Å². The van der Waals surface area contributed by atoms with E-state index in [1.54, 1.807) is 13.3 Å². The molecule has 0 unspecified atom stereocenters. The van der Waals surface area contributed by atoms with E-state index in [1.807, 2.05) is 41.8 Å². The maximum Gasteiger partial charge on any atom is 0.330 e. The summed E-state index contributed by atoms with van der Waals surface area (Å²) in [5.41, 5.74) is 0.733. The second kappa shape index (κ2) is 13.9. The Balaban J connectivity index is 1.24. The van der Waals surface area contributed by atoms with Gasteiger partial charge in [-0.3, -0.25) is 19.5 Å². The summed E-state index contributed by atoms with van der Waals surface area (Å²) < 4.78 is 5.33. The number of H-pyrrole nitrogens is 1. The van der Waals surface area contributed by atoms with E-state index in [4.69, 9.17) is 14.9 Å². The van der Waals surface area contributed by atoms with E-state index in [0.29, 0.717) is 35.0 Å². The average molecular weight is 700 g/mol. The topological polar surface area (TPSA) is 197 Å². The van der Waals surface area contributed by atoms with E-state index >= 15 is 0 Å². The van der Waals surface area contributed by atoms with Gasteiger partial charge in [-0.2, -0.15) is 15.0 Å². The number of thiazole rings is 1. The number of carboxylic acids is 1. The van der Waals surface area contributed by atoms with Crippen LogP contribution in [-0.4, -0.2) is 95.1 Å². The Kier molecular flexibility index (Phi) is 9.18. The molecule has 260 valence electrons. The van der Waals surface area contributed by atoms with Crippen molar-refractivity contribution in [3.8, 4) is 27.7 Å². The van der Waals surface area contributed by atoms with Gasteiger partial charge in [0.1, 0.15) is 39.8 Å². The van der Waals surface area contributed by atoms with Gasteiger partial charge in [-0.25, -0.2) is 9.78 Å².